The minimum Gasteiger partial charge on any atom is -0.325 e. The molecule has 2 N–H and O–H groups in total. The fraction of sp³-hybridized carbons (Fsp3) is 0.296. The molecule has 0 bridgehead atoms. The molecule has 0 atom stereocenters. The molecule has 0 radical (unpaired) electrons. The monoisotopic (exact) mass is 545 g/mol. The van der Waals surface area contributed by atoms with Crippen LogP contribution in [0.25, 0.3) is 11.5 Å². The van der Waals surface area contributed by atoms with Crippen molar-refractivity contribution in [3.8, 4) is 11.5 Å². The van der Waals surface area contributed by atoms with E-state index in [2.05, 4.69) is 54.3 Å². The van der Waals surface area contributed by atoms with Gasteiger partial charge >= 0.3 is 0 Å². The fourth-order valence-electron chi connectivity index (χ4n) is 4.29. The highest BCUT2D eigenvalue weighted by atomic mass is 32.2. The normalized spacial score (nSPS) is 14.9. The van der Waals surface area contributed by atoms with Gasteiger partial charge in [0, 0.05) is 56.0 Å². The van der Waals surface area contributed by atoms with Crippen molar-refractivity contribution in [2.75, 3.05) is 36.8 Å². The van der Waals surface area contributed by atoms with Gasteiger partial charge in [0.25, 0.3) is 0 Å². The number of hydrogen-bond donors (Lipinski definition) is 2. The summed E-state index contributed by atoms with van der Waals surface area (Å²) in [4.78, 5) is 24.7. The summed E-state index contributed by atoms with van der Waals surface area (Å²) in [6.07, 6.45) is 3.28. The van der Waals surface area contributed by atoms with Crippen molar-refractivity contribution < 1.29 is 8.42 Å². The third-order valence-electron chi connectivity index (χ3n) is 6.44. The van der Waals surface area contributed by atoms with Crippen LogP contribution in [0.1, 0.15) is 19.5 Å². The van der Waals surface area contributed by atoms with Gasteiger partial charge in [0.05, 0.1) is 4.90 Å². The summed E-state index contributed by atoms with van der Waals surface area (Å²) in [6.45, 7) is 8.62. The van der Waals surface area contributed by atoms with Crippen molar-refractivity contribution in [2.45, 2.75) is 31.7 Å². The molecule has 11 nitrogen and oxygen atoms in total. The maximum Gasteiger partial charge on any atom is 0.243 e. The van der Waals surface area contributed by atoms with Crippen LogP contribution in [-0.2, 0) is 10.0 Å². The molecular formula is C27H31N9O2S. The summed E-state index contributed by atoms with van der Waals surface area (Å²) in [6, 6.07) is 16.2. The lowest BCUT2D eigenvalue weighted by molar-refractivity contribution is 0.154. The third-order valence-corrected chi connectivity index (χ3v) is 8.35. The van der Waals surface area contributed by atoms with E-state index in [1.807, 2.05) is 25.1 Å². The number of piperazine rings is 1. The first-order chi connectivity index (χ1) is 18.8. The summed E-state index contributed by atoms with van der Waals surface area (Å²) in [5, 5.41) is 6.30. The zero-order valence-electron chi connectivity index (χ0n) is 22.1. The third kappa shape index (κ3) is 6.36. The average Bonchev–Trinajstić information content (AvgIpc) is 2.94. The highest BCUT2D eigenvalue weighted by Gasteiger charge is 2.29. The van der Waals surface area contributed by atoms with Crippen molar-refractivity contribution in [3.05, 3.63) is 72.7 Å². The number of nitrogens with zero attached hydrogens (tertiary/aromatic N) is 7. The number of nitrogens with one attached hydrogen (secondary N) is 2. The molecule has 4 aromatic rings. The lowest BCUT2D eigenvalue weighted by Crippen LogP contribution is -2.50. The summed E-state index contributed by atoms with van der Waals surface area (Å²) >= 11 is 0. The van der Waals surface area contributed by atoms with Gasteiger partial charge < -0.3 is 10.6 Å². The molecule has 1 fully saturated rings. The zero-order valence-corrected chi connectivity index (χ0v) is 22.9. The molecule has 4 heterocycles. The predicted molar refractivity (Wildman–Crippen MR) is 151 cm³/mol. The fourth-order valence-corrected chi connectivity index (χ4v) is 5.71. The van der Waals surface area contributed by atoms with Crippen LogP contribution in [0, 0.1) is 6.92 Å². The summed E-state index contributed by atoms with van der Waals surface area (Å²) in [7, 11) is -3.55. The van der Waals surface area contributed by atoms with Gasteiger partial charge in [0.15, 0.2) is 5.82 Å². The van der Waals surface area contributed by atoms with Crippen LogP contribution in [0.15, 0.2) is 71.9 Å². The van der Waals surface area contributed by atoms with E-state index in [1.165, 1.54) is 0 Å². The Kier molecular flexibility index (Phi) is 7.77. The molecule has 0 saturated carbocycles. The van der Waals surface area contributed by atoms with Crippen molar-refractivity contribution in [2.24, 2.45) is 0 Å². The molecular weight excluding hydrogens is 514 g/mol. The van der Waals surface area contributed by atoms with Crippen molar-refractivity contribution >= 4 is 33.3 Å². The van der Waals surface area contributed by atoms with Gasteiger partial charge in [-0.1, -0.05) is 6.07 Å². The minimum absolute atomic E-state index is 0.269. The van der Waals surface area contributed by atoms with E-state index in [4.69, 9.17) is 0 Å². The van der Waals surface area contributed by atoms with Crippen LogP contribution in [0.4, 0.5) is 23.3 Å². The van der Waals surface area contributed by atoms with E-state index in [0.717, 1.165) is 18.8 Å². The van der Waals surface area contributed by atoms with Crippen molar-refractivity contribution in [1.29, 1.82) is 0 Å². The number of aryl methyl sites for hydroxylation is 1. The number of hydrogen-bond acceptors (Lipinski definition) is 10. The highest BCUT2D eigenvalue weighted by molar-refractivity contribution is 7.89. The molecule has 3 aromatic heterocycles. The van der Waals surface area contributed by atoms with Gasteiger partial charge in [-0.3, -0.25) is 4.90 Å². The van der Waals surface area contributed by atoms with Gasteiger partial charge in [-0.15, -0.1) is 0 Å². The molecule has 0 spiro atoms. The summed E-state index contributed by atoms with van der Waals surface area (Å²) in [5.74, 6) is 1.97. The second kappa shape index (κ2) is 11.4. The quantitative estimate of drug-likeness (QED) is 0.337. The highest BCUT2D eigenvalue weighted by Crippen LogP contribution is 2.23. The molecule has 1 aliphatic heterocycles. The molecule has 0 unspecified atom stereocenters. The molecule has 12 heteroatoms. The first-order valence-electron chi connectivity index (χ1n) is 12.8. The Morgan fingerprint density at radius 2 is 1.49 bits per heavy atom. The molecule has 1 aliphatic rings. The SMILES string of the molecule is Cc1cccc(-c2nccc(Nc3ccnc(Nc4ccc(S(=O)(=O)N5CCN(C(C)C)CC5)cc4)n3)n2)n1. The number of aromatic nitrogens is 5. The van der Waals surface area contributed by atoms with E-state index in [9.17, 15) is 8.42 Å². The van der Waals surface area contributed by atoms with E-state index in [-0.39, 0.29) is 4.90 Å². The standard InChI is InChI=1S/C27H31N9O2S/c1-19(2)35-15-17-36(18-16-35)39(37,38)22-9-7-21(8-10-22)31-27-29-14-12-25(34-27)32-24-11-13-28-26(33-24)23-6-4-5-20(3)30-23/h4-14,19H,15-18H2,1-3H3,(H2,28,29,31,32,33,34). The van der Waals surface area contributed by atoms with E-state index < -0.39 is 10.0 Å². The topological polar surface area (TPSA) is 129 Å². The first kappa shape index (κ1) is 26.6. The largest absolute Gasteiger partial charge is 0.325 e. The predicted octanol–water partition coefficient (Wildman–Crippen LogP) is 3.84. The van der Waals surface area contributed by atoms with Crippen molar-refractivity contribution in [3.63, 3.8) is 0 Å². The van der Waals surface area contributed by atoms with Crippen LogP contribution in [0.5, 0.6) is 0 Å². The molecule has 1 saturated heterocycles. The summed E-state index contributed by atoms with van der Waals surface area (Å²) < 4.78 is 27.8. The Hall–Kier alpha value is -4.00. The lowest BCUT2D eigenvalue weighted by atomic mass is 10.3. The number of rotatable bonds is 8. The van der Waals surface area contributed by atoms with E-state index in [0.29, 0.717) is 53.9 Å². The smallest absolute Gasteiger partial charge is 0.243 e. The first-order valence-corrected chi connectivity index (χ1v) is 14.2. The van der Waals surface area contributed by atoms with Gasteiger partial charge in [-0.2, -0.15) is 9.29 Å². The Morgan fingerprint density at radius 1 is 0.795 bits per heavy atom. The second-order valence-corrected chi connectivity index (χ2v) is 11.4. The van der Waals surface area contributed by atoms with Gasteiger partial charge in [-0.25, -0.2) is 28.4 Å². The Balaban J connectivity index is 1.24. The summed E-state index contributed by atoms with van der Waals surface area (Å²) in [5.41, 5.74) is 2.24. The van der Waals surface area contributed by atoms with Crippen LogP contribution in [0.2, 0.25) is 0 Å². The van der Waals surface area contributed by atoms with Gasteiger partial charge in [-0.05, 0) is 69.3 Å². The Bertz CT molecular complexity index is 1540. The second-order valence-electron chi connectivity index (χ2n) is 9.50. The van der Waals surface area contributed by atoms with Crippen LogP contribution in [-0.4, -0.2) is 74.8 Å². The molecule has 0 amide bonds. The van der Waals surface area contributed by atoms with E-state index >= 15 is 0 Å². The lowest BCUT2D eigenvalue weighted by Gasteiger charge is -2.36. The van der Waals surface area contributed by atoms with Crippen LogP contribution < -0.4 is 10.6 Å². The molecule has 39 heavy (non-hydrogen) atoms. The Labute approximate surface area is 228 Å². The van der Waals surface area contributed by atoms with Crippen LogP contribution in [0.3, 0.4) is 0 Å². The van der Waals surface area contributed by atoms with E-state index in [1.54, 1.807) is 53.1 Å². The number of pyridine rings is 1. The molecule has 5 rings (SSSR count). The number of benzene rings is 1. The van der Waals surface area contributed by atoms with Gasteiger partial charge in [0.1, 0.15) is 17.3 Å². The number of sulfonamides is 1. The van der Waals surface area contributed by atoms with Gasteiger partial charge in [0.2, 0.25) is 16.0 Å². The number of anilines is 4. The zero-order chi connectivity index (χ0) is 27.4. The van der Waals surface area contributed by atoms with Crippen molar-refractivity contribution in [1.82, 2.24) is 34.1 Å². The maximum absolute atomic E-state index is 13.1. The van der Waals surface area contributed by atoms with Crippen LogP contribution >= 0.6 is 0 Å². The minimum atomic E-state index is -3.55. The molecule has 1 aromatic carbocycles. The Morgan fingerprint density at radius 3 is 2.18 bits per heavy atom. The average molecular weight is 546 g/mol. The maximum atomic E-state index is 13.1. The molecule has 0 aliphatic carbocycles. The molecule has 202 valence electrons.